The largest absolute Gasteiger partial charge is 0.504 e. The number of piperidine rings is 1. The van der Waals surface area contributed by atoms with Gasteiger partial charge in [0.05, 0.1) is 7.11 Å². The molecule has 0 radical (unpaired) electrons. The van der Waals surface area contributed by atoms with E-state index in [-0.39, 0.29) is 30.1 Å². The molecule has 1 aromatic carbocycles. The Kier molecular flexibility index (Phi) is 7.10. The van der Waals surface area contributed by atoms with Crippen molar-refractivity contribution in [2.75, 3.05) is 7.11 Å². The Morgan fingerprint density at radius 3 is 2.38 bits per heavy atom. The number of rotatable bonds is 4. The lowest BCUT2D eigenvalue weighted by atomic mass is 9.79. The molecular formula is C19H29ClN2O4. The van der Waals surface area contributed by atoms with Crippen molar-refractivity contribution in [1.82, 2.24) is 10.4 Å². The van der Waals surface area contributed by atoms with Crippen molar-refractivity contribution in [3.63, 3.8) is 0 Å². The van der Waals surface area contributed by atoms with Crippen molar-refractivity contribution in [3.8, 4) is 11.5 Å². The molecule has 1 aliphatic heterocycles. The lowest BCUT2D eigenvalue weighted by Gasteiger charge is -2.51. The lowest BCUT2D eigenvalue weighted by Crippen LogP contribution is -2.62. The number of ether oxygens (including phenoxy) is 1. The first-order valence-electron chi connectivity index (χ1n) is 8.40. The third-order valence-corrected chi connectivity index (χ3v) is 4.62. The minimum absolute atomic E-state index is 0. The number of benzene rings is 1. The number of carbonyl (C=O) groups excluding carboxylic acids is 1. The van der Waals surface area contributed by atoms with Gasteiger partial charge in [0.15, 0.2) is 11.5 Å². The van der Waals surface area contributed by atoms with Crippen LogP contribution in [0.2, 0.25) is 0 Å². The number of hydrogen-bond donors (Lipinski definition) is 3. The lowest BCUT2D eigenvalue weighted by molar-refractivity contribution is -0.245. The number of halogens is 1. The number of phenolic OH excluding ortho intramolecular Hbond substituents is 1. The molecule has 6 nitrogen and oxygen atoms in total. The van der Waals surface area contributed by atoms with E-state index in [4.69, 9.17) is 4.74 Å². The van der Waals surface area contributed by atoms with Crippen LogP contribution in [-0.2, 0) is 4.79 Å². The third-order valence-electron chi connectivity index (χ3n) is 4.62. The maximum Gasteiger partial charge on any atom is 0.244 e. The van der Waals surface area contributed by atoms with Crippen LogP contribution in [0.25, 0.3) is 6.08 Å². The summed E-state index contributed by atoms with van der Waals surface area (Å²) in [7, 11) is 1.48. The zero-order valence-electron chi connectivity index (χ0n) is 15.9. The minimum atomic E-state index is -0.409. The highest BCUT2D eigenvalue weighted by atomic mass is 35.5. The number of hydrogen-bond acceptors (Lipinski definition) is 5. The molecule has 0 spiro atoms. The van der Waals surface area contributed by atoms with Crippen LogP contribution in [0, 0.1) is 0 Å². The molecule has 0 unspecified atom stereocenters. The number of phenols is 1. The van der Waals surface area contributed by atoms with Gasteiger partial charge >= 0.3 is 0 Å². The highest BCUT2D eigenvalue weighted by Crippen LogP contribution is 2.36. The van der Waals surface area contributed by atoms with E-state index in [1.54, 1.807) is 18.2 Å². The molecule has 0 aromatic heterocycles. The molecule has 0 atom stereocenters. The molecule has 1 saturated heterocycles. The van der Waals surface area contributed by atoms with E-state index < -0.39 is 11.1 Å². The average Bonchev–Trinajstić information content (AvgIpc) is 2.51. The Morgan fingerprint density at radius 2 is 1.85 bits per heavy atom. The molecule has 3 N–H and O–H groups in total. The van der Waals surface area contributed by atoms with E-state index in [9.17, 15) is 15.1 Å². The Bertz CT molecular complexity index is 656. The zero-order valence-corrected chi connectivity index (χ0v) is 16.8. The highest BCUT2D eigenvalue weighted by Gasteiger charge is 2.45. The van der Waals surface area contributed by atoms with Gasteiger partial charge < -0.3 is 20.4 Å². The van der Waals surface area contributed by atoms with E-state index in [0.29, 0.717) is 18.6 Å². The van der Waals surface area contributed by atoms with Gasteiger partial charge in [-0.05, 0) is 64.3 Å². The summed E-state index contributed by atoms with van der Waals surface area (Å²) in [4.78, 5) is 12.3. The second-order valence-electron chi connectivity index (χ2n) is 7.82. The molecule has 7 heteroatoms. The maximum atomic E-state index is 12.3. The van der Waals surface area contributed by atoms with Crippen LogP contribution in [0.4, 0.5) is 0 Å². The van der Waals surface area contributed by atoms with Crippen molar-refractivity contribution in [2.45, 2.75) is 57.7 Å². The Balaban J connectivity index is 0.00000338. The molecule has 1 fully saturated rings. The van der Waals surface area contributed by atoms with Gasteiger partial charge in [-0.1, -0.05) is 6.07 Å². The normalized spacial score (nSPS) is 19.8. The van der Waals surface area contributed by atoms with E-state index in [0.717, 1.165) is 5.56 Å². The highest BCUT2D eigenvalue weighted by molar-refractivity contribution is 5.92. The first-order chi connectivity index (χ1) is 11.5. The van der Waals surface area contributed by atoms with Gasteiger partial charge in [0.1, 0.15) is 0 Å². The number of amides is 1. The van der Waals surface area contributed by atoms with Gasteiger partial charge in [-0.15, -0.1) is 12.4 Å². The van der Waals surface area contributed by atoms with Gasteiger partial charge in [0.25, 0.3) is 0 Å². The van der Waals surface area contributed by atoms with Crippen LogP contribution < -0.4 is 10.1 Å². The predicted octanol–water partition coefficient (Wildman–Crippen LogP) is 3.36. The summed E-state index contributed by atoms with van der Waals surface area (Å²) < 4.78 is 5.06. The summed E-state index contributed by atoms with van der Waals surface area (Å²) in [5, 5.41) is 24.3. The number of methoxy groups -OCH3 is 1. The fourth-order valence-electron chi connectivity index (χ4n) is 3.59. The van der Waals surface area contributed by atoms with Gasteiger partial charge in [-0.2, -0.15) is 5.06 Å². The van der Waals surface area contributed by atoms with Crippen LogP contribution in [0.5, 0.6) is 11.5 Å². The van der Waals surface area contributed by atoms with Crippen molar-refractivity contribution < 1.29 is 19.8 Å². The summed E-state index contributed by atoms with van der Waals surface area (Å²) in [6.07, 6.45) is 4.48. The number of nitrogens with one attached hydrogen (secondary N) is 1. The number of carbonyl (C=O) groups is 1. The molecular weight excluding hydrogens is 356 g/mol. The average molecular weight is 385 g/mol. The standard InChI is InChI=1S/C19H28N2O4.ClH/c1-18(2)11-14(12-19(3,4)21(18)24)20-17(23)9-7-13-6-8-15(22)16(10-13)25-5;/h6-10,14,22,24H,11-12H2,1-5H3,(H,20,23);1H. The van der Waals surface area contributed by atoms with Gasteiger partial charge in [-0.3, -0.25) is 4.79 Å². The molecule has 1 aromatic rings. The summed E-state index contributed by atoms with van der Waals surface area (Å²) >= 11 is 0. The van der Waals surface area contributed by atoms with E-state index >= 15 is 0 Å². The maximum absolute atomic E-state index is 12.3. The SMILES string of the molecule is COc1cc(C=CC(=O)NC2CC(C)(C)N(O)C(C)(C)C2)ccc1O.Cl. The minimum Gasteiger partial charge on any atom is -0.504 e. The van der Waals surface area contributed by atoms with Gasteiger partial charge in [0.2, 0.25) is 5.91 Å². The summed E-state index contributed by atoms with van der Waals surface area (Å²) in [5.41, 5.74) is -0.0581. The zero-order chi connectivity index (χ0) is 18.8. The molecule has 0 saturated carbocycles. The van der Waals surface area contributed by atoms with Gasteiger partial charge in [-0.25, -0.2) is 0 Å². The molecule has 146 valence electrons. The molecule has 0 bridgehead atoms. The number of nitrogens with zero attached hydrogens (tertiary/aromatic N) is 1. The van der Waals surface area contributed by atoms with Crippen LogP contribution in [0.15, 0.2) is 24.3 Å². The topological polar surface area (TPSA) is 82.0 Å². The van der Waals surface area contributed by atoms with E-state index in [2.05, 4.69) is 5.32 Å². The van der Waals surface area contributed by atoms with E-state index in [1.807, 2.05) is 27.7 Å². The van der Waals surface area contributed by atoms with Crippen molar-refractivity contribution in [2.24, 2.45) is 0 Å². The second-order valence-corrected chi connectivity index (χ2v) is 7.82. The summed E-state index contributed by atoms with van der Waals surface area (Å²) in [6, 6.07) is 4.88. The summed E-state index contributed by atoms with van der Waals surface area (Å²) in [6.45, 7) is 7.86. The summed E-state index contributed by atoms with van der Waals surface area (Å²) in [5.74, 6) is 0.237. The molecule has 0 aliphatic carbocycles. The second kappa shape index (κ2) is 8.29. The Labute approximate surface area is 161 Å². The predicted molar refractivity (Wildman–Crippen MR) is 104 cm³/mol. The number of aromatic hydroxyl groups is 1. The Morgan fingerprint density at radius 1 is 1.27 bits per heavy atom. The van der Waals surface area contributed by atoms with Crippen molar-refractivity contribution in [1.29, 1.82) is 0 Å². The van der Waals surface area contributed by atoms with E-state index in [1.165, 1.54) is 24.3 Å². The van der Waals surface area contributed by atoms with Crippen LogP contribution >= 0.6 is 12.4 Å². The van der Waals surface area contributed by atoms with Crippen LogP contribution in [-0.4, -0.2) is 45.5 Å². The smallest absolute Gasteiger partial charge is 0.244 e. The third kappa shape index (κ3) is 5.13. The molecule has 1 heterocycles. The fraction of sp³-hybridized carbons (Fsp3) is 0.526. The van der Waals surface area contributed by atoms with Crippen LogP contribution in [0.3, 0.4) is 0 Å². The van der Waals surface area contributed by atoms with Crippen molar-refractivity contribution in [3.05, 3.63) is 29.8 Å². The molecule has 26 heavy (non-hydrogen) atoms. The molecule has 2 rings (SSSR count). The molecule has 1 aliphatic rings. The molecule has 1 amide bonds. The first kappa shape index (κ1) is 22.3. The fourth-order valence-corrected chi connectivity index (χ4v) is 3.59. The van der Waals surface area contributed by atoms with Crippen LogP contribution in [0.1, 0.15) is 46.1 Å². The monoisotopic (exact) mass is 384 g/mol. The quantitative estimate of drug-likeness (QED) is 0.693. The van der Waals surface area contributed by atoms with Crippen molar-refractivity contribution >= 4 is 24.4 Å². The Hall–Kier alpha value is -1.76. The number of hydroxylamine groups is 2. The van der Waals surface area contributed by atoms with Gasteiger partial charge in [0, 0.05) is 23.2 Å². The first-order valence-corrected chi connectivity index (χ1v) is 8.40.